The minimum Gasteiger partial charge on any atom is -0.495 e. The largest absolute Gasteiger partial charge is 0.495 e. The number of carbonyl (C=O) groups is 2. The normalized spacial score (nSPS) is 13.0. The summed E-state index contributed by atoms with van der Waals surface area (Å²) in [7, 11) is 1.44. The highest BCUT2D eigenvalue weighted by Crippen LogP contribution is 2.27. The van der Waals surface area contributed by atoms with Gasteiger partial charge in [-0.2, -0.15) is 0 Å². The van der Waals surface area contributed by atoms with E-state index in [1.165, 1.54) is 24.5 Å². The van der Waals surface area contributed by atoms with Crippen LogP contribution < -0.4 is 15.4 Å². The molecule has 3 N–H and O–H groups in total. The minimum absolute atomic E-state index is 0.0908. The molecule has 0 unspecified atom stereocenters. The van der Waals surface area contributed by atoms with Gasteiger partial charge in [0.1, 0.15) is 11.4 Å². The lowest BCUT2D eigenvalue weighted by atomic mass is 10.1. The van der Waals surface area contributed by atoms with Crippen LogP contribution in [0.15, 0.2) is 35.7 Å². The van der Waals surface area contributed by atoms with Gasteiger partial charge in [-0.25, -0.2) is 0 Å². The van der Waals surface area contributed by atoms with Crippen LogP contribution in [-0.2, 0) is 15.2 Å². The van der Waals surface area contributed by atoms with E-state index in [0.717, 1.165) is 0 Å². The van der Waals surface area contributed by atoms with Crippen molar-refractivity contribution in [1.82, 2.24) is 5.32 Å². The van der Waals surface area contributed by atoms with E-state index in [9.17, 15) is 14.7 Å². The number of halogens is 1. The van der Waals surface area contributed by atoms with Gasteiger partial charge in [-0.3, -0.25) is 9.59 Å². The maximum absolute atomic E-state index is 12.0. The van der Waals surface area contributed by atoms with Crippen molar-refractivity contribution in [2.75, 3.05) is 19.0 Å². The van der Waals surface area contributed by atoms with Crippen LogP contribution in [0.1, 0.15) is 11.8 Å². The standard InChI is InChI=1S/C16H17ClN2O4S/c1-16(22,13-4-3-7-24-13)9-18-14(20)15(21)19-11-8-10(17)5-6-12(11)23-2/h3-8,22H,9H2,1-2H3,(H,18,20)(H,19,21)/t16-/m1/s1. The van der Waals surface area contributed by atoms with Gasteiger partial charge < -0.3 is 20.5 Å². The number of thiophene rings is 1. The van der Waals surface area contributed by atoms with E-state index in [1.54, 1.807) is 31.2 Å². The van der Waals surface area contributed by atoms with Gasteiger partial charge in [-0.15, -0.1) is 11.3 Å². The fourth-order valence-corrected chi connectivity index (χ4v) is 2.92. The molecule has 0 radical (unpaired) electrons. The molecule has 0 saturated heterocycles. The van der Waals surface area contributed by atoms with Crippen LogP contribution in [0.4, 0.5) is 5.69 Å². The van der Waals surface area contributed by atoms with Crippen LogP contribution in [0.2, 0.25) is 5.02 Å². The third-order valence-corrected chi connectivity index (χ3v) is 4.62. The van der Waals surface area contributed by atoms with Gasteiger partial charge >= 0.3 is 11.8 Å². The predicted molar refractivity (Wildman–Crippen MR) is 93.5 cm³/mol. The average Bonchev–Trinajstić information content (AvgIpc) is 3.08. The number of amides is 2. The summed E-state index contributed by atoms with van der Waals surface area (Å²) in [6, 6.07) is 8.22. The van der Waals surface area contributed by atoms with Gasteiger partial charge in [0.15, 0.2) is 0 Å². The van der Waals surface area contributed by atoms with E-state index in [0.29, 0.717) is 15.6 Å². The summed E-state index contributed by atoms with van der Waals surface area (Å²) < 4.78 is 5.10. The lowest BCUT2D eigenvalue weighted by Crippen LogP contribution is -2.43. The number of hydrogen-bond acceptors (Lipinski definition) is 5. The van der Waals surface area contributed by atoms with Crippen molar-refractivity contribution in [2.45, 2.75) is 12.5 Å². The Kier molecular flexibility index (Phi) is 5.82. The van der Waals surface area contributed by atoms with Crippen molar-refractivity contribution in [3.05, 3.63) is 45.6 Å². The molecular weight excluding hydrogens is 352 g/mol. The molecule has 0 fully saturated rings. The number of benzene rings is 1. The SMILES string of the molecule is COc1ccc(Cl)cc1NC(=O)C(=O)NC[C@@](C)(O)c1cccs1. The summed E-state index contributed by atoms with van der Waals surface area (Å²) in [6.45, 7) is 1.48. The van der Waals surface area contributed by atoms with Gasteiger partial charge in [0.25, 0.3) is 0 Å². The number of aliphatic hydroxyl groups is 1. The summed E-state index contributed by atoms with van der Waals surface area (Å²) in [5.74, 6) is -1.36. The average molecular weight is 369 g/mol. The Morgan fingerprint density at radius 1 is 1.33 bits per heavy atom. The number of anilines is 1. The number of hydrogen-bond donors (Lipinski definition) is 3. The van der Waals surface area contributed by atoms with Crippen molar-refractivity contribution in [3.63, 3.8) is 0 Å². The first-order valence-corrected chi connectivity index (χ1v) is 8.28. The first kappa shape index (κ1) is 18.3. The van der Waals surface area contributed by atoms with Crippen molar-refractivity contribution < 1.29 is 19.4 Å². The summed E-state index contributed by atoms with van der Waals surface area (Å²) in [5.41, 5.74) is -0.965. The summed E-state index contributed by atoms with van der Waals surface area (Å²) in [5, 5.41) is 17.4. The maximum Gasteiger partial charge on any atom is 0.313 e. The van der Waals surface area contributed by atoms with E-state index in [-0.39, 0.29) is 12.2 Å². The number of ether oxygens (including phenoxy) is 1. The second-order valence-corrected chi connectivity index (χ2v) is 6.62. The molecule has 2 amide bonds. The van der Waals surface area contributed by atoms with Crippen LogP contribution in [0.5, 0.6) is 5.75 Å². The third-order valence-electron chi connectivity index (χ3n) is 3.26. The zero-order valence-electron chi connectivity index (χ0n) is 13.1. The van der Waals surface area contributed by atoms with Crippen LogP contribution in [-0.4, -0.2) is 30.6 Å². The van der Waals surface area contributed by atoms with Crippen molar-refractivity contribution in [1.29, 1.82) is 0 Å². The van der Waals surface area contributed by atoms with E-state index >= 15 is 0 Å². The van der Waals surface area contributed by atoms with Gasteiger partial charge in [0.2, 0.25) is 0 Å². The molecular formula is C16H17ClN2O4S. The first-order chi connectivity index (χ1) is 11.3. The van der Waals surface area contributed by atoms with Crippen molar-refractivity contribution in [3.8, 4) is 5.75 Å². The molecule has 0 aliphatic carbocycles. The van der Waals surface area contributed by atoms with Gasteiger partial charge in [0.05, 0.1) is 19.3 Å². The summed E-state index contributed by atoms with van der Waals surface area (Å²) in [6.07, 6.45) is 0. The second-order valence-electron chi connectivity index (χ2n) is 5.23. The maximum atomic E-state index is 12.0. The third kappa shape index (κ3) is 4.47. The Bertz CT molecular complexity index is 732. The zero-order chi connectivity index (χ0) is 17.7. The van der Waals surface area contributed by atoms with E-state index in [4.69, 9.17) is 16.3 Å². The molecule has 1 heterocycles. The molecule has 2 rings (SSSR count). The van der Waals surface area contributed by atoms with Gasteiger partial charge in [-0.1, -0.05) is 17.7 Å². The molecule has 0 spiro atoms. The molecule has 0 saturated carbocycles. The molecule has 24 heavy (non-hydrogen) atoms. The predicted octanol–water partition coefficient (Wildman–Crippen LogP) is 2.37. The molecule has 0 aliphatic heterocycles. The second kappa shape index (κ2) is 7.65. The van der Waals surface area contributed by atoms with Crippen molar-refractivity contribution >= 4 is 40.4 Å². The van der Waals surface area contributed by atoms with Gasteiger partial charge in [0, 0.05) is 9.90 Å². The number of nitrogens with one attached hydrogen (secondary N) is 2. The molecule has 0 bridgehead atoms. The Morgan fingerprint density at radius 2 is 2.08 bits per heavy atom. The molecule has 2 aromatic rings. The fraction of sp³-hybridized carbons (Fsp3) is 0.250. The number of carbonyl (C=O) groups excluding carboxylic acids is 2. The Labute approximate surface area is 148 Å². The fourth-order valence-electron chi connectivity index (χ4n) is 1.96. The smallest absolute Gasteiger partial charge is 0.313 e. The van der Waals surface area contributed by atoms with Crippen LogP contribution in [0, 0.1) is 0 Å². The quantitative estimate of drug-likeness (QED) is 0.707. The van der Waals surface area contributed by atoms with E-state index in [1.807, 2.05) is 5.38 Å². The van der Waals surface area contributed by atoms with E-state index in [2.05, 4.69) is 10.6 Å². The Balaban J connectivity index is 1.98. The Morgan fingerprint density at radius 3 is 2.71 bits per heavy atom. The molecule has 8 heteroatoms. The highest BCUT2D eigenvalue weighted by Gasteiger charge is 2.26. The molecule has 128 valence electrons. The van der Waals surface area contributed by atoms with Crippen LogP contribution >= 0.6 is 22.9 Å². The molecule has 1 aromatic heterocycles. The minimum atomic E-state index is -1.25. The van der Waals surface area contributed by atoms with Crippen molar-refractivity contribution in [2.24, 2.45) is 0 Å². The molecule has 6 nitrogen and oxygen atoms in total. The van der Waals surface area contributed by atoms with Gasteiger partial charge in [-0.05, 0) is 36.6 Å². The highest BCUT2D eigenvalue weighted by atomic mass is 35.5. The molecule has 1 aromatic carbocycles. The lowest BCUT2D eigenvalue weighted by molar-refractivity contribution is -0.136. The lowest BCUT2D eigenvalue weighted by Gasteiger charge is -2.22. The monoisotopic (exact) mass is 368 g/mol. The number of rotatable bonds is 5. The Hall–Kier alpha value is -2.09. The highest BCUT2D eigenvalue weighted by molar-refractivity contribution is 7.10. The first-order valence-electron chi connectivity index (χ1n) is 7.02. The summed E-state index contributed by atoms with van der Waals surface area (Å²) >= 11 is 7.24. The number of methoxy groups -OCH3 is 1. The summed E-state index contributed by atoms with van der Waals surface area (Å²) in [4.78, 5) is 24.6. The van der Waals surface area contributed by atoms with E-state index < -0.39 is 17.4 Å². The van der Waals surface area contributed by atoms with Crippen LogP contribution in [0.3, 0.4) is 0 Å². The molecule has 1 atom stereocenters. The molecule has 0 aliphatic rings. The topological polar surface area (TPSA) is 87.7 Å². The zero-order valence-corrected chi connectivity index (χ0v) is 14.7. The van der Waals surface area contributed by atoms with Crippen LogP contribution in [0.25, 0.3) is 0 Å².